The largest absolute Gasteiger partial charge is 0.486 e. The first kappa shape index (κ1) is 12.1. The van der Waals surface area contributed by atoms with Crippen molar-refractivity contribution in [3.05, 3.63) is 46.7 Å². The van der Waals surface area contributed by atoms with E-state index in [-0.39, 0.29) is 0 Å². The maximum atomic E-state index is 5.72. The van der Waals surface area contributed by atoms with Crippen LogP contribution in [-0.2, 0) is 13.2 Å². The summed E-state index contributed by atoms with van der Waals surface area (Å²) < 4.78 is 7.68. The number of rotatable bonds is 4. The molecule has 6 heteroatoms. The summed E-state index contributed by atoms with van der Waals surface area (Å²) in [5.74, 6) is 1.60. The fourth-order valence-electron chi connectivity index (χ4n) is 1.85. The van der Waals surface area contributed by atoms with Gasteiger partial charge in [0.25, 0.3) is 0 Å². The van der Waals surface area contributed by atoms with Gasteiger partial charge < -0.3 is 10.5 Å². The minimum atomic E-state index is 0.383. The van der Waals surface area contributed by atoms with Crippen LogP contribution in [0.3, 0.4) is 0 Å². The molecular formula is C13H14N4OS. The molecule has 0 atom stereocenters. The van der Waals surface area contributed by atoms with Crippen LogP contribution in [0.25, 0.3) is 4.96 Å². The Kier molecular flexibility index (Phi) is 3.18. The van der Waals surface area contributed by atoms with E-state index in [9.17, 15) is 0 Å². The van der Waals surface area contributed by atoms with Crippen molar-refractivity contribution in [2.24, 2.45) is 5.73 Å². The predicted molar refractivity (Wildman–Crippen MR) is 74.3 cm³/mol. The third kappa shape index (κ3) is 2.32. The molecule has 0 saturated heterocycles. The second-order valence-electron chi connectivity index (χ2n) is 4.27. The normalized spacial score (nSPS) is 11.1. The fraction of sp³-hybridized carbons (Fsp3) is 0.231. The predicted octanol–water partition coefficient (Wildman–Crippen LogP) is 2.14. The number of thiazole rings is 1. The lowest BCUT2D eigenvalue weighted by Crippen LogP contribution is -2.06. The van der Waals surface area contributed by atoms with Gasteiger partial charge in [-0.1, -0.05) is 17.7 Å². The number of hydrogen-bond acceptors (Lipinski definition) is 5. The molecule has 0 bridgehead atoms. The van der Waals surface area contributed by atoms with Crippen molar-refractivity contribution in [2.45, 2.75) is 20.1 Å². The molecule has 0 saturated carbocycles. The highest BCUT2D eigenvalue weighted by atomic mass is 32.1. The molecule has 5 nitrogen and oxygen atoms in total. The maximum Gasteiger partial charge on any atom is 0.216 e. The lowest BCUT2D eigenvalue weighted by molar-refractivity contribution is 0.294. The Hall–Kier alpha value is -1.92. The molecule has 0 fully saturated rings. The lowest BCUT2D eigenvalue weighted by atomic mass is 10.2. The third-order valence-electron chi connectivity index (χ3n) is 2.89. The zero-order valence-corrected chi connectivity index (χ0v) is 11.4. The molecule has 2 aromatic heterocycles. The molecule has 19 heavy (non-hydrogen) atoms. The van der Waals surface area contributed by atoms with Crippen LogP contribution < -0.4 is 10.5 Å². The Bertz CT molecular complexity index is 686. The van der Waals surface area contributed by atoms with Crippen molar-refractivity contribution >= 4 is 16.3 Å². The summed E-state index contributed by atoms with van der Waals surface area (Å²) in [6.45, 7) is 2.90. The third-order valence-corrected chi connectivity index (χ3v) is 3.75. The molecule has 0 spiro atoms. The van der Waals surface area contributed by atoms with E-state index in [1.54, 1.807) is 0 Å². The van der Waals surface area contributed by atoms with Gasteiger partial charge in [0.2, 0.25) is 4.96 Å². The Morgan fingerprint density at radius 1 is 1.26 bits per heavy atom. The summed E-state index contributed by atoms with van der Waals surface area (Å²) in [6, 6.07) is 7.94. The highest BCUT2D eigenvalue weighted by molar-refractivity contribution is 7.15. The van der Waals surface area contributed by atoms with Gasteiger partial charge in [0.15, 0.2) is 5.82 Å². The van der Waals surface area contributed by atoms with Gasteiger partial charge in [0.1, 0.15) is 12.4 Å². The average molecular weight is 274 g/mol. The van der Waals surface area contributed by atoms with Crippen LogP contribution >= 0.6 is 11.3 Å². The van der Waals surface area contributed by atoms with Crippen molar-refractivity contribution in [2.75, 3.05) is 0 Å². The Labute approximate surface area is 114 Å². The molecule has 2 heterocycles. The molecule has 0 unspecified atom stereocenters. The van der Waals surface area contributed by atoms with Crippen LogP contribution in [0.5, 0.6) is 5.75 Å². The summed E-state index contributed by atoms with van der Waals surface area (Å²) in [6.07, 6.45) is 0. The molecule has 0 aliphatic rings. The van der Waals surface area contributed by atoms with Crippen LogP contribution in [0.2, 0.25) is 0 Å². The van der Waals surface area contributed by atoms with Gasteiger partial charge in [-0.05, 0) is 19.1 Å². The van der Waals surface area contributed by atoms with E-state index in [2.05, 4.69) is 10.2 Å². The second kappa shape index (κ2) is 4.99. The van der Waals surface area contributed by atoms with Crippen LogP contribution in [0, 0.1) is 6.92 Å². The number of hydrogen-bond donors (Lipinski definition) is 1. The molecule has 1 aromatic carbocycles. The van der Waals surface area contributed by atoms with E-state index in [0.717, 1.165) is 22.2 Å². The molecule has 98 valence electrons. The number of aryl methyl sites for hydroxylation is 1. The summed E-state index contributed by atoms with van der Waals surface area (Å²) in [4.78, 5) is 0.850. The number of aromatic nitrogens is 3. The van der Waals surface area contributed by atoms with E-state index in [1.807, 2.05) is 41.0 Å². The maximum absolute atomic E-state index is 5.72. The van der Waals surface area contributed by atoms with E-state index < -0.39 is 0 Å². The van der Waals surface area contributed by atoms with Gasteiger partial charge in [-0.3, -0.25) is 4.40 Å². The van der Waals surface area contributed by atoms with Crippen LogP contribution in [0.4, 0.5) is 0 Å². The van der Waals surface area contributed by atoms with Gasteiger partial charge >= 0.3 is 0 Å². The molecular weight excluding hydrogens is 260 g/mol. The molecule has 3 aromatic rings. The first-order valence-corrected chi connectivity index (χ1v) is 6.86. The minimum absolute atomic E-state index is 0.383. The molecule has 2 N–H and O–H groups in total. The topological polar surface area (TPSA) is 65.4 Å². The summed E-state index contributed by atoms with van der Waals surface area (Å²) in [5.41, 5.74) is 7.92. The minimum Gasteiger partial charge on any atom is -0.486 e. The molecule has 0 aliphatic heterocycles. The second-order valence-corrected chi connectivity index (χ2v) is 5.10. The van der Waals surface area contributed by atoms with E-state index in [0.29, 0.717) is 13.2 Å². The Morgan fingerprint density at radius 3 is 2.79 bits per heavy atom. The number of ether oxygens (including phenoxy) is 1. The van der Waals surface area contributed by atoms with Crippen LogP contribution in [-0.4, -0.2) is 14.6 Å². The van der Waals surface area contributed by atoms with E-state index >= 15 is 0 Å². The van der Waals surface area contributed by atoms with E-state index in [4.69, 9.17) is 10.5 Å². The quantitative estimate of drug-likeness (QED) is 0.791. The Morgan fingerprint density at radius 2 is 2.05 bits per heavy atom. The van der Waals surface area contributed by atoms with Gasteiger partial charge in [-0.25, -0.2) is 0 Å². The lowest BCUT2D eigenvalue weighted by Gasteiger charge is -2.05. The molecule has 0 aliphatic carbocycles. The van der Waals surface area contributed by atoms with Crippen LogP contribution in [0.1, 0.15) is 17.1 Å². The summed E-state index contributed by atoms with van der Waals surface area (Å²) in [5, 5.41) is 10.2. The van der Waals surface area contributed by atoms with Crippen molar-refractivity contribution in [1.29, 1.82) is 0 Å². The van der Waals surface area contributed by atoms with Gasteiger partial charge in [0, 0.05) is 11.9 Å². The van der Waals surface area contributed by atoms with Crippen LogP contribution in [0.15, 0.2) is 29.6 Å². The number of nitrogens with two attached hydrogens (primary N) is 1. The summed E-state index contributed by atoms with van der Waals surface area (Å²) in [7, 11) is 0. The molecule has 0 amide bonds. The highest BCUT2D eigenvalue weighted by Gasteiger charge is 2.11. The monoisotopic (exact) mass is 274 g/mol. The highest BCUT2D eigenvalue weighted by Crippen LogP contribution is 2.18. The van der Waals surface area contributed by atoms with E-state index in [1.165, 1.54) is 16.9 Å². The first-order valence-electron chi connectivity index (χ1n) is 5.98. The van der Waals surface area contributed by atoms with Crippen molar-refractivity contribution in [3.8, 4) is 5.75 Å². The Balaban J connectivity index is 1.81. The van der Waals surface area contributed by atoms with Gasteiger partial charge in [-0.15, -0.1) is 21.5 Å². The van der Waals surface area contributed by atoms with Gasteiger partial charge in [0.05, 0.1) is 5.69 Å². The van der Waals surface area contributed by atoms with Crippen molar-refractivity contribution in [1.82, 2.24) is 14.6 Å². The van der Waals surface area contributed by atoms with Crippen molar-refractivity contribution < 1.29 is 4.74 Å². The molecule has 3 rings (SSSR count). The number of nitrogens with zero attached hydrogens (tertiary/aromatic N) is 3. The fourth-order valence-corrected chi connectivity index (χ4v) is 2.71. The van der Waals surface area contributed by atoms with Crippen molar-refractivity contribution in [3.63, 3.8) is 0 Å². The number of fused-ring (bicyclic) bond motifs is 1. The van der Waals surface area contributed by atoms with Gasteiger partial charge in [-0.2, -0.15) is 0 Å². The summed E-state index contributed by atoms with van der Waals surface area (Å²) >= 11 is 1.54. The average Bonchev–Trinajstić information content (AvgIpc) is 3.00. The number of benzene rings is 1. The zero-order valence-electron chi connectivity index (χ0n) is 10.5. The SMILES string of the molecule is Cc1ccc(OCc2nnc3scc(CN)n23)cc1. The first-order chi connectivity index (χ1) is 9.28. The zero-order chi connectivity index (χ0) is 13.2. The molecule has 0 radical (unpaired) electrons. The smallest absolute Gasteiger partial charge is 0.216 e. The standard InChI is InChI=1S/C13H14N4OS/c1-9-2-4-11(5-3-9)18-7-12-15-16-13-17(12)10(6-14)8-19-13/h2-5,8H,6-7,14H2,1H3.